The predicted molar refractivity (Wildman–Crippen MR) is 81.1 cm³/mol. The van der Waals surface area contributed by atoms with Crippen LogP contribution in [0.2, 0.25) is 0 Å². The molecule has 0 saturated heterocycles. The van der Waals surface area contributed by atoms with Crippen molar-refractivity contribution in [2.45, 2.75) is 12.8 Å². The van der Waals surface area contributed by atoms with E-state index in [1.165, 1.54) is 0 Å². The van der Waals surface area contributed by atoms with E-state index in [4.69, 9.17) is 5.11 Å². The number of hydrogen-bond donors (Lipinski definition) is 2. The zero-order chi connectivity index (χ0) is 13.8. The van der Waals surface area contributed by atoms with Gasteiger partial charge < -0.3 is 5.11 Å². The standard InChI is InChI=1S/C10H11BrINO4S/c11-8-6-7(12)3-4-9(8)13-18(16,17)5-1-2-10(14)15/h3-4,6,13H,1-2,5H2,(H,14,15). The van der Waals surface area contributed by atoms with E-state index in [0.717, 1.165) is 3.57 Å². The third-order valence-corrected chi connectivity index (χ3v) is 4.68. The fraction of sp³-hybridized carbons (Fsp3) is 0.300. The molecular formula is C10H11BrINO4S. The fourth-order valence-corrected chi connectivity index (χ4v) is 3.87. The second-order valence-electron chi connectivity index (χ2n) is 3.54. The highest BCUT2D eigenvalue weighted by atomic mass is 127. The summed E-state index contributed by atoms with van der Waals surface area (Å²) in [6, 6.07) is 5.22. The van der Waals surface area contributed by atoms with E-state index in [0.29, 0.717) is 10.2 Å². The van der Waals surface area contributed by atoms with Gasteiger partial charge in [-0.2, -0.15) is 0 Å². The van der Waals surface area contributed by atoms with Crippen LogP contribution < -0.4 is 4.72 Å². The van der Waals surface area contributed by atoms with Gasteiger partial charge in [0, 0.05) is 14.5 Å². The van der Waals surface area contributed by atoms with E-state index in [-0.39, 0.29) is 18.6 Å². The molecular weight excluding hydrogens is 437 g/mol. The van der Waals surface area contributed by atoms with Gasteiger partial charge in [-0.25, -0.2) is 8.42 Å². The zero-order valence-electron chi connectivity index (χ0n) is 9.19. The first-order valence-corrected chi connectivity index (χ1v) is 8.50. The summed E-state index contributed by atoms with van der Waals surface area (Å²) in [5.41, 5.74) is 0.450. The lowest BCUT2D eigenvalue weighted by Gasteiger charge is -2.09. The summed E-state index contributed by atoms with van der Waals surface area (Å²) in [6.07, 6.45) is -0.0680. The number of rotatable bonds is 6. The van der Waals surface area contributed by atoms with Crippen LogP contribution in [-0.4, -0.2) is 25.2 Å². The number of carbonyl (C=O) groups is 1. The maximum Gasteiger partial charge on any atom is 0.303 e. The topological polar surface area (TPSA) is 83.5 Å². The number of benzene rings is 1. The summed E-state index contributed by atoms with van der Waals surface area (Å²) in [5.74, 6) is -1.21. The van der Waals surface area contributed by atoms with Crippen LogP contribution in [0.3, 0.4) is 0 Å². The van der Waals surface area contributed by atoms with Crippen LogP contribution in [0, 0.1) is 3.57 Å². The monoisotopic (exact) mass is 447 g/mol. The molecule has 0 aliphatic carbocycles. The Morgan fingerprint density at radius 2 is 2.11 bits per heavy atom. The van der Waals surface area contributed by atoms with Crippen LogP contribution in [0.25, 0.3) is 0 Å². The second-order valence-corrected chi connectivity index (χ2v) is 7.48. The van der Waals surface area contributed by atoms with Gasteiger partial charge in [-0.1, -0.05) is 0 Å². The Labute approximate surface area is 127 Å². The largest absolute Gasteiger partial charge is 0.481 e. The highest BCUT2D eigenvalue weighted by molar-refractivity contribution is 14.1. The van der Waals surface area contributed by atoms with E-state index in [9.17, 15) is 13.2 Å². The molecule has 0 bridgehead atoms. The summed E-state index contributed by atoms with van der Waals surface area (Å²) in [7, 11) is -3.51. The van der Waals surface area contributed by atoms with Crippen molar-refractivity contribution in [3.05, 3.63) is 26.2 Å². The van der Waals surface area contributed by atoms with Crippen LogP contribution >= 0.6 is 38.5 Å². The molecule has 8 heteroatoms. The smallest absolute Gasteiger partial charge is 0.303 e. The third-order valence-electron chi connectivity index (χ3n) is 2.00. The van der Waals surface area contributed by atoms with E-state index < -0.39 is 16.0 Å². The normalized spacial score (nSPS) is 11.2. The van der Waals surface area contributed by atoms with Crippen molar-refractivity contribution in [2.24, 2.45) is 0 Å². The molecule has 0 radical (unpaired) electrons. The fourth-order valence-electron chi connectivity index (χ4n) is 1.20. The number of anilines is 1. The minimum atomic E-state index is -3.51. The quantitative estimate of drug-likeness (QED) is 0.656. The van der Waals surface area contributed by atoms with Crippen molar-refractivity contribution < 1.29 is 18.3 Å². The molecule has 0 aromatic heterocycles. The molecule has 0 fully saturated rings. The Balaban J connectivity index is 2.67. The van der Waals surface area contributed by atoms with Gasteiger partial charge in [-0.15, -0.1) is 0 Å². The highest BCUT2D eigenvalue weighted by Gasteiger charge is 2.13. The van der Waals surface area contributed by atoms with Crippen LogP contribution in [0.1, 0.15) is 12.8 Å². The molecule has 0 heterocycles. The first kappa shape index (κ1) is 15.7. The summed E-state index contributed by atoms with van der Waals surface area (Å²) in [4.78, 5) is 10.3. The van der Waals surface area contributed by atoms with Crippen LogP contribution in [-0.2, 0) is 14.8 Å². The predicted octanol–water partition coefficient (Wildman–Crippen LogP) is 2.66. The van der Waals surface area contributed by atoms with E-state index in [2.05, 4.69) is 43.2 Å². The molecule has 0 spiro atoms. The molecule has 1 aromatic carbocycles. The first-order chi connectivity index (χ1) is 8.30. The van der Waals surface area contributed by atoms with E-state index >= 15 is 0 Å². The number of aliphatic carboxylic acids is 1. The van der Waals surface area contributed by atoms with Crippen molar-refractivity contribution in [3.63, 3.8) is 0 Å². The van der Waals surface area contributed by atoms with Crippen molar-refractivity contribution >= 4 is 60.2 Å². The molecule has 100 valence electrons. The lowest BCUT2D eigenvalue weighted by atomic mass is 10.3. The summed E-state index contributed by atoms with van der Waals surface area (Å²) < 4.78 is 27.4. The highest BCUT2D eigenvalue weighted by Crippen LogP contribution is 2.25. The molecule has 2 N–H and O–H groups in total. The average molecular weight is 448 g/mol. The molecule has 1 rings (SSSR count). The Kier molecular flexibility index (Phi) is 5.86. The van der Waals surface area contributed by atoms with Crippen LogP contribution in [0.15, 0.2) is 22.7 Å². The van der Waals surface area contributed by atoms with Gasteiger partial charge in [0.25, 0.3) is 0 Å². The van der Waals surface area contributed by atoms with Gasteiger partial charge >= 0.3 is 5.97 Å². The second kappa shape index (κ2) is 6.71. The van der Waals surface area contributed by atoms with Gasteiger partial charge in [0.2, 0.25) is 10.0 Å². The number of nitrogens with one attached hydrogen (secondary N) is 1. The molecule has 0 aliphatic rings. The molecule has 0 saturated carbocycles. The molecule has 0 aliphatic heterocycles. The minimum Gasteiger partial charge on any atom is -0.481 e. The molecule has 5 nitrogen and oxygen atoms in total. The number of carboxylic acids is 1. The third kappa shape index (κ3) is 5.53. The lowest BCUT2D eigenvalue weighted by molar-refractivity contribution is -0.137. The van der Waals surface area contributed by atoms with Crippen LogP contribution in [0.5, 0.6) is 0 Å². The summed E-state index contributed by atoms with van der Waals surface area (Å²) in [6.45, 7) is 0. The Hall–Kier alpha value is -0.350. The molecule has 1 aromatic rings. The van der Waals surface area contributed by atoms with Crippen molar-refractivity contribution in [3.8, 4) is 0 Å². The van der Waals surface area contributed by atoms with Crippen molar-refractivity contribution in [1.82, 2.24) is 0 Å². The number of sulfonamides is 1. The van der Waals surface area contributed by atoms with Gasteiger partial charge in [-0.05, 0) is 63.1 Å². The van der Waals surface area contributed by atoms with Gasteiger partial charge in [-0.3, -0.25) is 9.52 Å². The maximum atomic E-state index is 11.7. The van der Waals surface area contributed by atoms with Gasteiger partial charge in [0.15, 0.2) is 0 Å². The Morgan fingerprint density at radius 1 is 1.44 bits per heavy atom. The molecule has 0 unspecified atom stereocenters. The van der Waals surface area contributed by atoms with Gasteiger partial charge in [0.05, 0.1) is 11.4 Å². The molecule has 18 heavy (non-hydrogen) atoms. The summed E-state index contributed by atoms with van der Waals surface area (Å²) >= 11 is 5.38. The SMILES string of the molecule is O=C(O)CCCS(=O)(=O)Nc1ccc(I)cc1Br. The zero-order valence-corrected chi connectivity index (χ0v) is 13.7. The molecule has 0 amide bonds. The lowest BCUT2D eigenvalue weighted by Crippen LogP contribution is -2.17. The maximum absolute atomic E-state index is 11.7. The van der Waals surface area contributed by atoms with Crippen molar-refractivity contribution in [2.75, 3.05) is 10.5 Å². The summed E-state index contributed by atoms with van der Waals surface area (Å²) in [5, 5.41) is 8.45. The first-order valence-electron chi connectivity index (χ1n) is 4.97. The minimum absolute atomic E-state index is 0.0899. The van der Waals surface area contributed by atoms with E-state index in [1.807, 2.05) is 0 Å². The number of halogens is 2. The average Bonchev–Trinajstić information content (AvgIpc) is 2.21. The van der Waals surface area contributed by atoms with E-state index in [1.54, 1.807) is 18.2 Å². The van der Waals surface area contributed by atoms with Gasteiger partial charge in [0.1, 0.15) is 0 Å². The van der Waals surface area contributed by atoms with Crippen molar-refractivity contribution in [1.29, 1.82) is 0 Å². The number of hydrogen-bond acceptors (Lipinski definition) is 3. The number of carboxylic acid groups (broad SMARTS) is 1. The van der Waals surface area contributed by atoms with Crippen LogP contribution in [0.4, 0.5) is 5.69 Å². The Bertz CT molecular complexity index is 547. The molecule has 0 atom stereocenters. The Morgan fingerprint density at radius 3 is 2.67 bits per heavy atom.